The van der Waals surface area contributed by atoms with Crippen molar-refractivity contribution >= 4 is 12.0 Å². The summed E-state index contributed by atoms with van der Waals surface area (Å²) in [5.41, 5.74) is 0.496. The first-order chi connectivity index (χ1) is 16.5. The van der Waals surface area contributed by atoms with E-state index in [1.165, 1.54) is 38.3 Å². The Balaban J connectivity index is 1.60. The molecule has 0 aromatic heterocycles. The van der Waals surface area contributed by atoms with Gasteiger partial charge in [-0.2, -0.15) is 0 Å². The number of aromatic hydroxyl groups is 1. The summed E-state index contributed by atoms with van der Waals surface area (Å²) < 4.78 is 26.1. The lowest BCUT2D eigenvalue weighted by molar-refractivity contribution is -0.323. The van der Waals surface area contributed by atoms with Crippen molar-refractivity contribution in [2.24, 2.45) is 0 Å². The summed E-state index contributed by atoms with van der Waals surface area (Å²) in [5, 5.41) is 69.8. The van der Waals surface area contributed by atoms with E-state index in [9.17, 15) is 40.5 Å². The summed E-state index contributed by atoms with van der Waals surface area (Å²) in [4.78, 5) is 12.2. The molecule has 0 aliphatic carbocycles. The summed E-state index contributed by atoms with van der Waals surface area (Å²) in [7, 11) is 1.37. The topological polar surface area (TPSA) is 205 Å². The van der Waals surface area contributed by atoms with Gasteiger partial charge in [-0.3, -0.25) is 0 Å². The Hall–Kier alpha value is -2.33. The van der Waals surface area contributed by atoms with E-state index in [0.717, 1.165) is 6.08 Å². The predicted octanol–water partition coefficient (Wildman–Crippen LogP) is -2.39. The average Bonchev–Trinajstić information content (AvgIpc) is 2.84. The molecule has 13 nitrogen and oxygen atoms in total. The Morgan fingerprint density at radius 2 is 1.60 bits per heavy atom. The fraction of sp³-hybridized carbons (Fsp3) is 0.591. The molecule has 3 rings (SSSR count). The third-order valence-electron chi connectivity index (χ3n) is 5.75. The molecule has 1 aromatic rings. The lowest BCUT2D eigenvalue weighted by Crippen LogP contribution is -2.61. The van der Waals surface area contributed by atoms with Crippen LogP contribution in [-0.2, 0) is 23.7 Å². The minimum absolute atomic E-state index is 0.0851. The Kier molecular flexibility index (Phi) is 9.04. The van der Waals surface area contributed by atoms with Crippen molar-refractivity contribution in [3.63, 3.8) is 0 Å². The molecule has 2 aliphatic heterocycles. The van der Waals surface area contributed by atoms with Crippen molar-refractivity contribution < 1.29 is 64.2 Å². The highest BCUT2D eigenvalue weighted by Crippen LogP contribution is 2.28. The van der Waals surface area contributed by atoms with E-state index < -0.39 is 74.0 Å². The molecule has 0 amide bonds. The number of phenolic OH excluding ortho intramolecular Hbond substituents is 1. The van der Waals surface area contributed by atoms with Crippen LogP contribution in [-0.4, -0.2) is 117 Å². The molecular weight excluding hydrogens is 472 g/mol. The van der Waals surface area contributed by atoms with Gasteiger partial charge in [-0.05, 0) is 30.7 Å². The van der Waals surface area contributed by atoms with E-state index in [0.29, 0.717) is 5.56 Å². The minimum Gasteiger partial charge on any atom is -0.504 e. The van der Waals surface area contributed by atoms with Gasteiger partial charge in [-0.25, -0.2) is 4.79 Å². The fourth-order valence-corrected chi connectivity index (χ4v) is 3.61. The van der Waals surface area contributed by atoms with Gasteiger partial charge < -0.3 is 59.4 Å². The highest BCUT2D eigenvalue weighted by atomic mass is 16.7. The van der Waals surface area contributed by atoms with Crippen LogP contribution in [0.1, 0.15) is 12.5 Å². The summed E-state index contributed by atoms with van der Waals surface area (Å²) in [6.07, 6.45) is -12.5. The van der Waals surface area contributed by atoms with E-state index in [1.807, 2.05) is 0 Å². The minimum atomic E-state index is -1.78. The number of hydrogen-bond acceptors (Lipinski definition) is 13. The number of carbonyl (C=O) groups is 1. The lowest BCUT2D eigenvalue weighted by atomic mass is 9.98. The van der Waals surface area contributed by atoms with Crippen LogP contribution in [0.5, 0.6) is 11.5 Å². The first-order valence-electron chi connectivity index (χ1n) is 10.8. The van der Waals surface area contributed by atoms with Gasteiger partial charge in [-0.15, -0.1) is 0 Å². The van der Waals surface area contributed by atoms with Crippen LogP contribution in [0.3, 0.4) is 0 Å². The van der Waals surface area contributed by atoms with Gasteiger partial charge in [0.15, 0.2) is 17.8 Å². The second-order valence-electron chi connectivity index (χ2n) is 8.23. The van der Waals surface area contributed by atoms with Gasteiger partial charge in [0.2, 0.25) is 6.29 Å². The maximum Gasteiger partial charge on any atom is 0.333 e. The first-order valence-corrected chi connectivity index (χ1v) is 10.8. The van der Waals surface area contributed by atoms with Crippen LogP contribution < -0.4 is 4.74 Å². The number of phenols is 1. The molecule has 0 saturated carbocycles. The van der Waals surface area contributed by atoms with Crippen molar-refractivity contribution in [2.75, 3.05) is 13.7 Å². The molecule has 13 heteroatoms. The number of benzene rings is 1. The Labute approximate surface area is 200 Å². The van der Waals surface area contributed by atoms with E-state index in [4.69, 9.17) is 23.7 Å². The molecule has 0 bridgehead atoms. The molecule has 196 valence electrons. The normalized spacial score (nSPS) is 37.8. The van der Waals surface area contributed by atoms with Crippen LogP contribution in [0.15, 0.2) is 24.3 Å². The molecule has 2 aliphatic rings. The zero-order chi connectivity index (χ0) is 25.9. The quantitative estimate of drug-likeness (QED) is 0.154. The number of methoxy groups -OCH3 is 1. The summed E-state index contributed by atoms with van der Waals surface area (Å²) in [5.74, 6) is -0.839. The first kappa shape index (κ1) is 27.3. The van der Waals surface area contributed by atoms with Gasteiger partial charge in [0.05, 0.1) is 19.8 Å². The summed E-state index contributed by atoms with van der Waals surface area (Å²) in [6, 6.07) is 4.35. The van der Waals surface area contributed by atoms with Crippen molar-refractivity contribution in [3.8, 4) is 11.5 Å². The second kappa shape index (κ2) is 11.6. The number of esters is 1. The SMILES string of the molecule is COc1cc(C=CC(=O)O[C@@H]2O[C@H](CO[C@@H]3O[C@@H](C)[C@H](O)[C@@H](O)[C@H]3O)[C@@H](O)[C@H](O)[C@H]2O)ccc1O. The van der Waals surface area contributed by atoms with E-state index in [1.54, 1.807) is 0 Å². The van der Waals surface area contributed by atoms with Gasteiger partial charge in [0, 0.05) is 6.08 Å². The molecule has 10 atom stereocenters. The summed E-state index contributed by atoms with van der Waals surface area (Å²) >= 11 is 0. The standard InChI is InChI=1S/C22H30O13/c1-9-15(25)17(27)19(29)21(33-9)32-8-13-16(26)18(28)20(30)22(34-13)35-14(24)6-4-10-3-5-11(23)12(7-10)31-2/h3-7,9,13,15-23,25-30H,8H2,1-2H3/t9-,13+,15-,16+,17+,18-,19+,20+,21+,22-/m0/s1. The van der Waals surface area contributed by atoms with E-state index in [-0.39, 0.29) is 11.5 Å². The summed E-state index contributed by atoms with van der Waals surface area (Å²) in [6.45, 7) is 0.971. The third-order valence-corrected chi connectivity index (χ3v) is 5.75. The Morgan fingerprint density at radius 3 is 2.29 bits per heavy atom. The number of hydrogen-bond donors (Lipinski definition) is 7. The molecule has 0 spiro atoms. The van der Waals surface area contributed by atoms with Crippen molar-refractivity contribution in [3.05, 3.63) is 29.8 Å². The third kappa shape index (κ3) is 6.27. The van der Waals surface area contributed by atoms with Crippen LogP contribution >= 0.6 is 0 Å². The Bertz CT molecular complexity index is 892. The van der Waals surface area contributed by atoms with Gasteiger partial charge in [0.1, 0.15) is 42.7 Å². The zero-order valence-electron chi connectivity index (χ0n) is 18.9. The van der Waals surface area contributed by atoms with Gasteiger partial charge in [0.25, 0.3) is 0 Å². The number of carbonyl (C=O) groups excluding carboxylic acids is 1. The van der Waals surface area contributed by atoms with Gasteiger partial charge in [-0.1, -0.05) is 6.07 Å². The number of aliphatic hydroxyl groups is 6. The molecule has 2 fully saturated rings. The molecule has 0 radical (unpaired) electrons. The molecule has 0 unspecified atom stereocenters. The van der Waals surface area contributed by atoms with E-state index in [2.05, 4.69) is 0 Å². The van der Waals surface area contributed by atoms with Crippen molar-refractivity contribution in [1.82, 2.24) is 0 Å². The molecule has 1 aromatic carbocycles. The van der Waals surface area contributed by atoms with Crippen LogP contribution in [0.25, 0.3) is 6.08 Å². The van der Waals surface area contributed by atoms with Gasteiger partial charge >= 0.3 is 5.97 Å². The van der Waals surface area contributed by atoms with Crippen LogP contribution in [0.4, 0.5) is 0 Å². The highest BCUT2D eigenvalue weighted by molar-refractivity contribution is 5.87. The molecule has 2 saturated heterocycles. The largest absolute Gasteiger partial charge is 0.504 e. The number of rotatable bonds is 7. The zero-order valence-corrected chi connectivity index (χ0v) is 18.9. The van der Waals surface area contributed by atoms with Crippen molar-refractivity contribution in [2.45, 2.75) is 68.3 Å². The average molecular weight is 502 g/mol. The number of ether oxygens (including phenoxy) is 5. The highest BCUT2D eigenvalue weighted by Gasteiger charge is 2.47. The predicted molar refractivity (Wildman–Crippen MR) is 115 cm³/mol. The molecule has 35 heavy (non-hydrogen) atoms. The number of aliphatic hydroxyl groups excluding tert-OH is 6. The monoisotopic (exact) mass is 502 g/mol. The second-order valence-corrected chi connectivity index (χ2v) is 8.23. The van der Waals surface area contributed by atoms with Crippen LogP contribution in [0.2, 0.25) is 0 Å². The maximum atomic E-state index is 12.2. The molecular formula is C22H30O13. The lowest BCUT2D eigenvalue weighted by Gasteiger charge is -2.42. The Morgan fingerprint density at radius 1 is 0.943 bits per heavy atom. The maximum absolute atomic E-state index is 12.2. The smallest absolute Gasteiger partial charge is 0.333 e. The van der Waals surface area contributed by atoms with Crippen molar-refractivity contribution in [1.29, 1.82) is 0 Å². The van der Waals surface area contributed by atoms with Crippen LogP contribution in [0, 0.1) is 0 Å². The molecule has 2 heterocycles. The van der Waals surface area contributed by atoms with E-state index >= 15 is 0 Å². The molecule has 7 N–H and O–H groups in total. The fourth-order valence-electron chi connectivity index (χ4n) is 3.61.